The Morgan fingerprint density at radius 2 is 2.00 bits per heavy atom. The van der Waals surface area contributed by atoms with Crippen LogP contribution in [0.5, 0.6) is 0 Å². The number of hydrogen-bond donors (Lipinski definition) is 2. The van der Waals surface area contributed by atoms with Gasteiger partial charge in [-0.15, -0.1) is 0 Å². The molecule has 0 saturated heterocycles. The summed E-state index contributed by atoms with van der Waals surface area (Å²) in [5.41, 5.74) is -1.85. The van der Waals surface area contributed by atoms with Crippen LogP contribution in [0.4, 0.5) is 8.78 Å². The van der Waals surface area contributed by atoms with E-state index in [1.54, 1.807) is 0 Å². The summed E-state index contributed by atoms with van der Waals surface area (Å²) in [7, 11) is 0. The maximum Gasteiger partial charge on any atom is 0.224 e. The Kier molecular flexibility index (Phi) is 5.06. The molecule has 0 spiro atoms. The third kappa shape index (κ3) is 3.38. The van der Waals surface area contributed by atoms with E-state index >= 15 is 0 Å². The number of hydrogen-bond acceptors (Lipinski definition) is 3. The third-order valence-corrected chi connectivity index (χ3v) is 4.87. The van der Waals surface area contributed by atoms with Crippen LogP contribution < -0.4 is 5.32 Å². The molecule has 0 aliphatic heterocycles. The Hall–Kier alpha value is -1.53. The molecule has 1 fully saturated rings. The van der Waals surface area contributed by atoms with Crippen molar-refractivity contribution in [3.05, 3.63) is 35.4 Å². The molecule has 4 nitrogen and oxygen atoms in total. The van der Waals surface area contributed by atoms with Crippen LogP contribution in [0.2, 0.25) is 0 Å². The van der Waals surface area contributed by atoms with Crippen molar-refractivity contribution in [3.8, 4) is 0 Å². The largest absolute Gasteiger partial charge is 0.387 e. The smallest absolute Gasteiger partial charge is 0.224 e. The van der Waals surface area contributed by atoms with E-state index in [9.17, 15) is 18.7 Å². The van der Waals surface area contributed by atoms with Gasteiger partial charge in [0, 0.05) is 30.6 Å². The highest BCUT2D eigenvalue weighted by Gasteiger charge is 2.59. The van der Waals surface area contributed by atoms with Gasteiger partial charge in [0.15, 0.2) is 0 Å². The quantitative estimate of drug-likeness (QED) is 0.842. The zero-order valence-corrected chi connectivity index (χ0v) is 13.7. The Labute approximate surface area is 134 Å². The van der Waals surface area contributed by atoms with Crippen molar-refractivity contribution in [2.24, 2.45) is 5.41 Å². The Morgan fingerprint density at radius 3 is 2.52 bits per heavy atom. The number of benzene rings is 1. The van der Waals surface area contributed by atoms with E-state index in [1.807, 2.05) is 20.8 Å². The van der Waals surface area contributed by atoms with E-state index in [1.165, 1.54) is 6.07 Å². The van der Waals surface area contributed by atoms with Gasteiger partial charge in [0.25, 0.3) is 0 Å². The lowest BCUT2D eigenvalue weighted by Crippen LogP contribution is -2.68. The summed E-state index contributed by atoms with van der Waals surface area (Å²) in [5.74, 6) is -2.03. The van der Waals surface area contributed by atoms with E-state index in [-0.39, 0.29) is 18.2 Å². The average Bonchev–Trinajstić information content (AvgIpc) is 2.49. The highest BCUT2D eigenvalue weighted by atomic mass is 19.1. The molecule has 2 atom stereocenters. The van der Waals surface area contributed by atoms with E-state index in [2.05, 4.69) is 5.32 Å². The molecule has 2 rings (SSSR count). The van der Waals surface area contributed by atoms with Crippen LogP contribution >= 0.6 is 0 Å². The van der Waals surface area contributed by atoms with Gasteiger partial charge in [-0.2, -0.15) is 0 Å². The minimum Gasteiger partial charge on any atom is -0.387 e. The van der Waals surface area contributed by atoms with Gasteiger partial charge in [0.2, 0.25) is 5.91 Å². The molecule has 6 heteroatoms. The Balaban J connectivity index is 1.93. The number of carbonyl (C=O) groups is 1. The van der Waals surface area contributed by atoms with Crippen LogP contribution in [0.3, 0.4) is 0 Å². The topological polar surface area (TPSA) is 58.6 Å². The molecule has 0 bridgehead atoms. The molecule has 1 aliphatic carbocycles. The maximum atomic E-state index is 13.5. The van der Waals surface area contributed by atoms with Crippen molar-refractivity contribution >= 4 is 5.91 Å². The van der Waals surface area contributed by atoms with Crippen molar-refractivity contribution in [1.82, 2.24) is 5.32 Å². The van der Waals surface area contributed by atoms with E-state index in [4.69, 9.17) is 4.74 Å². The predicted molar refractivity (Wildman–Crippen MR) is 81.8 cm³/mol. The molecule has 0 radical (unpaired) electrons. The van der Waals surface area contributed by atoms with Gasteiger partial charge in [0.05, 0.1) is 18.1 Å². The van der Waals surface area contributed by atoms with E-state index in [0.717, 1.165) is 12.1 Å². The van der Waals surface area contributed by atoms with Gasteiger partial charge in [-0.05, 0) is 19.1 Å². The summed E-state index contributed by atoms with van der Waals surface area (Å²) in [4.78, 5) is 11.9. The number of rotatable bonds is 6. The molecule has 0 unspecified atom stereocenters. The first-order valence-corrected chi connectivity index (χ1v) is 7.75. The van der Waals surface area contributed by atoms with Gasteiger partial charge < -0.3 is 15.2 Å². The SMILES string of the molecule is CCO[C@@H]1C[C@](O)(CNC(=O)Cc2c(F)cccc2F)C1(C)C. The highest BCUT2D eigenvalue weighted by Crippen LogP contribution is 2.50. The number of aliphatic hydroxyl groups is 1. The minimum atomic E-state index is -1.09. The third-order valence-electron chi connectivity index (χ3n) is 4.87. The second-order valence-electron chi connectivity index (χ2n) is 6.56. The Bertz CT molecular complexity index is 571. The Morgan fingerprint density at radius 1 is 1.39 bits per heavy atom. The lowest BCUT2D eigenvalue weighted by atomic mass is 9.56. The molecule has 1 saturated carbocycles. The summed E-state index contributed by atoms with van der Waals surface area (Å²) in [5, 5.41) is 13.2. The monoisotopic (exact) mass is 327 g/mol. The van der Waals surface area contributed by atoms with Crippen molar-refractivity contribution in [2.45, 2.75) is 45.3 Å². The standard InChI is InChI=1S/C17H23F2NO3/c1-4-23-14-9-17(22,16(14,2)3)10-20-15(21)8-11-12(18)6-5-7-13(11)19/h5-7,14,22H,4,8-10H2,1-3H3,(H,20,21)/t14-,17+/m1/s1. The molecule has 2 N–H and O–H groups in total. The number of halogens is 2. The van der Waals surface area contributed by atoms with Crippen LogP contribution in [-0.2, 0) is 16.0 Å². The fourth-order valence-corrected chi connectivity index (χ4v) is 2.93. The van der Waals surface area contributed by atoms with Gasteiger partial charge in [-0.3, -0.25) is 4.79 Å². The van der Waals surface area contributed by atoms with Crippen LogP contribution in [0.1, 0.15) is 32.8 Å². The summed E-state index contributed by atoms with van der Waals surface area (Å²) in [6.45, 7) is 6.22. The van der Waals surface area contributed by atoms with Crippen molar-refractivity contribution < 1.29 is 23.4 Å². The van der Waals surface area contributed by atoms with Gasteiger partial charge in [-0.25, -0.2) is 8.78 Å². The zero-order valence-electron chi connectivity index (χ0n) is 13.7. The van der Waals surface area contributed by atoms with Crippen LogP contribution in [0.25, 0.3) is 0 Å². The number of carbonyl (C=O) groups excluding carboxylic acids is 1. The zero-order chi connectivity index (χ0) is 17.3. The van der Waals surface area contributed by atoms with Crippen LogP contribution in [0.15, 0.2) is 18.2 Å². The average molecular weight is 327 g/mol. The molecule has 0 aromatic heterocycles. The first kappa shape index (κ1) is 17.8. The van der Waals surface area contributed by atoms with Gasteiger partial charge >= 0.3 is 0 Å². The van der Waals surface area contributed by atoms with Gasteiger partial charge in [0.1, 0.15) is 11.6 Å². The molecular formula is C17H23F2NO3. The molecule has 1 aliphatic rings. The summed E-state index contributed by atoms with van der Waals surface area (Å²) < 4.78 is 32.6. The lowest BCUT2D eigenvalue weighted by molar-refractivity contribution is -0.238. The predicted octanol–water partition coefficient (Wildman–Crippen LogP) is 2.19. The van der Waals surface area contributed by atoms with Gasteiger partial charge in [-0.1, -0.05) is 19.9 Å². The number of amides is 1. The van der Waals surface area contributed by atoms with E-state index in [0.29, 0.717) is 13.0 Å². The molecule has 0 heterocycles. The fraction of sp³-hybridized carbons (Fsp3) is 0.588. The number of nitrogens with one attached hydrogen (secondary N) is 1. The molecule has 1 aromatic rings. The summed E-state index contributed by atoms with van der Waals surface area (Å²) in [6.07, 6.45) is -0.0510. The first-order chi connectivity index (χ1) is 10.7. The second kappa shape index (κ2) is 6.53. The van der Waals surface area contributed by atoms with Crippen LogP contribution in [-0.4, -0.2) is 35.9 Å². The number of ether oxygens (including phenoxy) is 1. The molecule has 23 heavy (non-hydrogen) atoms. The summed E-state index contributed by atoms with van der Waals surface area (Å²) >= 11 is 0. The van der Waals surface area contributed by atoms with Crippen molar-refractivity contribution in [1.29, 1.82) is 0 Å². The second-order valence-corrected chi connectivity index (χ2v) is 6.56. The first-order valence-electron chi connectivity index (χ1n) is 7.75. The normalized spacial score (nSPS) is 25.7. The van der Waals surface area contributed by atoms with Crippen LogP contribution in [0, 0.1) is 17.0 Å². The maximum absolute atomic E-state index is 13.5. The molecular weight excluding hydrogens is 304 g/mol. The highest BCUT2D eigenvalue weighted by molar-refractivity contribution is 5.78. The minimum absolute atomic E-state index is 0.0263. The lowest BCUT2D eigenvalue weighted by Gasteiger charge is -2.57. The molecule has 1 amide bonds. The van der Waals surface area contributed by atoms with Crippen molar-refractivity contribution in [3.63, 3.8) is 0 Å². The fourth-order valence-electron chi connectivity index (χ4n) is 2.93. The molecule has 1 aromatic carbocycles. The van der Waals surface area contributed by atoms with Crippen molar-refractivity contribution in [2.75, 3.05) is 13.2 Å². The summed E-state index contributed by atoms with van der Waals surface area (Å²) in [6, 6.07) is 3.47. The van der Waals surface area contributed by atoms with E-state index < -0.39 is 35.0 Å². The molecule has 128 valence electrons.